The average Bonchev–Trinajstić information content (AvgIpc) is 2.12. The van der Waals surface area contributed by atoms with E-state index in [1.54, 1.807) is 18.3 Å². The van der Waals surface area contributed by atoms with E-state index in [1.807, 2.05) is 6.92 Å². The highest BCUT2D eigenvalue weighted by atomic mass is 19.1. The van der Waals surface area contributed by atoms with Gasteiger partial charge in [-0.1, -0.05) is 6.07 Å². The third-order valence-corrected chi connectivity index (χ3v) is 2.08. The highest BCUT2D eigenvalue weighted by Gasteiger charge is 2.06. The molecule has 3 heteroatoms. The van der Waals surface area contributed by atoms with Crippen LogP contribution >= 0.6 is 0 Å². The summed E-state index contributed by atoms with van der Waals surface area (Å²) < 4.78 is 13.3. The summed E-state index contributed by atoms with van der Waals surface area (Å²) in [5, 5.41) is 0.419. The number of pyridine rings is 1. The summed E-state index contributed by atoms with van der Waals surface area (Å²) in [6.07, 6.45) is 1.65. The number of nitrogens with zero attached hydrogens (tertiary/aromatic N) is 1. The van der Waals surface area contributed by atoms with Gasteiger partial charge in [-0.05, 0) is 24.6 Å². The summed E-state index contributed by atoms with van der Waals surface area (Å²) in [4.78, 5) is 4.08. The minimum Gasteiger partial charge on any atom is -0.398 e. The van der Waals surface area contributed by atoms with Crippen LogP contribution in [-0.4, -0.2) is 4.98 Å². The minimum absolute atomic E-state index is 0.314. The molecular formula is C10H9FN2. The van der Waals surface area contributed by atoms with Crippen LogP contribution in [0.15, 0.2) is 24.4 Å². The minimum atomic E-state index is -0.314. The quantitative estimate of drug-likeness (QED) is 0.668. The number of anilines is 1. The lowest BCUT2D eigenvalue weighted by molar-refractivity contribution is 0.640. The van der Waals surface area contributed by atoms with Gasteiger partial charge in [0.05, 0.1) is 10.9 Å². The number of aryl methyl sites for hydroxylation is 1. The van der Waals surface area contributed by atoms with Gasteiger partial charge in [-0.25, -0.2) is 4.39 Å². The molecule has 0 saturated heterocycles. The first-order chi connectivity index (χ1) is 6.20. The molecule has 0 unspecified atom stereocenters. The molecule has 2 N–H and O–H groups in total. The van der Waals surface area contributed by atoms with Crippen LogP contribution in [0.3, 0.4) is 0 Å². The largest absolute Gasteiger partial charge is 0.398 e. The Labute approximate surface area is 75.2 Å². The van der Waals surface area contributed by atoms with Gasteiger partial charge in [0.1, 0.15) is 5.82 Å². The predicted molar refractivity (Wildman–Crippen MR) is 50.9 cm³/mol. The normalized spacial score (nSPS) is 10.6. The van der Waals surface area contributed by atoms with E-state index in [-0.39, 0.29) is 5.82 Å². The fourth-order valence-electron chi connectivity index (χ4n) is 1.32. The number of benzene rings is 1. The number of rotatable bonds is 0. The van der Waals surface area contributed by atoms with Crippen LogP contribution in [0.1, 0.15) is 5.56 Å². The van der Waals surface area contributed by atoms with Crippen molar-refractivity contribution in [3.8, 4) is 0 Å². The molecule has 66 valence electrons. The molecule has 0 saturated carbocycles. The van der Waals surface area contributed by atoms with Crippen molar-refractivity contribution in [2.75, 3.05) is 5.73 Å². The summed E-state index contributed by atoms with van der Waals surface area (Å²) in [5.74, 6) is -0.314. The smallest absolute Gasteiger partial charge is 0.134 e. The second kappa shape index (κ2) is 2.69. The topological polar surface area (TPSA) is 38.9 Å². The molecule has 0 fully saturated rings. The maximum absolute atomic E-state index is 13.3. The molecule has 13 heavy (non-hydrogen) atoms. The van der Waals surface area contributed by atoms with Gasteiger partial charge in [-0.3, -0.25) is 4.98 Å². The second-order valence-corrected chi connectivity index (χ2v) is 2.99. The Morgan fingerprint density at radius 3 is 2.92 bits per heavy atom. The Bertz CT molecular complexity index is 466. The number of fused-ring (bicyclic) bond motifs is 1. The van der Waals surface area contributed by atoms with E-state index in [4.69, 9.17) is 5.73 Å². The maximum Gasteiger partial charge on any atom is 0.134 e. The van der Waals surface area contributed by atoms with Gasteiger partial charge in [-0.15, -0.1) is 0 Å². The number of halogens is 1. The summed E-state index contributed by atoms with van der Waals surface area (Å²) in [5.41, 5.74) is 7.62. The Hall–Kier alpha value is -1.64. The third-order valence-electron chi connectivity index (χ3n) is 2.08. The van der Waals surface area contributed by atoms with E-state index < -0.39 is 0 Å². The SMILES string of the molecule is Cc1cnc2cccc(F)c2c1N. The molecule has 0 aliphatic heterocycles. The molecule has 0 amide bonds. The van der Waals surface area contributed by atoms with Gasteiger partial charge in [0.15, 0.2) is 0 Å². The van der Waals surface area contributed by atoms with Crippen molar-refractivity contribution >= 4 is 16.6 Å². The molecule has 0 bridgehead atoms. The van der Waals surface area contributed by atoms with Crippen molar-refractivity contribution in [1.82, 2.24) is 4.98 Å². The Morgan fingerprint density at radius 2 is 2.15 bits per heavy atom. The lowest BCUT2D eigenvalue weighted by atomic mass is 10.1. The van der Waals surface area contributed by atoms with Gasteiger partial charge in [0.25, 0.3) is 0 Å². The van der Waals surface area contributed by atoms with Crippen molar-refractivity contribution in [3.63, 3.8) is 0 Å². The third kappa shape index (κ3) is 1.13. The van der Waals surface area contributed by atoms with Crippen LogP contribution in [-0.2, 0) is 0 Å². The zero-order valence-corrected chi connectivity index (χ0v) is 7.21. The molecule has 1 aromatic heterocycles. The zero-order chi connectivity index (χ0) is 9.42. The summed E-state index contributed by atoms with van der Waals surface area (Å²) >= 11 is 0. The second-order valence-electron chi connectivity index (χ2n) is 2.99. The molecule has 0 atom stereocenters. The van der Waals surface area contributed by atoms with Crippen LogP contribution in [0.2, 0.25) is 0 Å². The van der Waals surface area contributed by atoms with Crippen LogP contribution in [0, 0.1) is 12.7 Å². The first-order valence-electron chi connectivity index (χ1n) is 3.99. The van der Waals surface area contributed by atoms with Crippen LogP contribution in [0.25, 0.3) is 10.9 Å². The molecule has 1 heterocycles. The van der Waals surface area contributed by atoms with Crippen molar-refractivity contribution in [3.05, 3.63) is 35.8 Å². The zero-order valence-electron chi connectivity index (χ0n) is 7.21. The lowest BCUT2D eigenvalue weighted by Crippen LogP contribution is -1.95. The predicted octanol–water partition coefficient (Wildman–Crippen LogP) is 2.26. The van der Waals surface area contributed by atoms with Crippen LogP contribution in [0.5, 0.6) is 0 Å². The van der Waals surface area contributed by atoms with E-state index >= 15 is 0 Å². The first-order valence-corrected chi connectivity index (χ1v) is 3.99. The molecular weight excluding hydrogens is 167 g/mol. The summed E-state index contributed by atoms with van der Waals surface area (Å²) in [7, 11) is 0. The fraction of sp³-hybridized carbons (Fsp3) is 0.100. The standard InChI is InChI=1S/C10H9FN2/c1-6-5-13-8-4-2-3-7(11)9(8)10(6)12/h2-5H,1H3,(H2,12,13). The molecule has 0 spiro atoms. The molecule has 0 aliphatic rings. The highest BCUT2D eigenvalue weighted by molar-refractivity contribution is 5.91. The van der Waals surface area contributed by atoms with Crippen molar-refractivity contribution < 1.29 is 4.39 Å². The van der Waals surface area contributed by atoms with Crippen molar-refractivity contribution in [1.29, 1.82) is 0 Å². The molecule has 2 nitrogen and oxygen atoms in total. The van der Waals surface area contributed by atoms with E-state index in [9.17, 15) is 4.39 Å². The van der Waals surface area contributed by atoms with E-state index in [1.165, 1.54) is 6.07 Å². The monoisotopic (exact) mass is 176 g/mol. The number of hydrogen-bond acceptors (Lipinski definition) is 2. The van der Waals surface area contributed by atoms with Gasteiger partial charge in [0.2, 0.25) is 0 Å². The Kier molecular flexibility index (Phi) is 1.65. The number of nitrogens with two attached hydrogens (primary N) is 1. The average molecular weight is 176 g/mol. The summed E-state index contributed by atoms with van der Waals surface area (Å²) in [6, 6.07) is 4.76. The molecule has 0 radical (unpaired) electrons. The number of aromatic nitrogens is 1. The first kappa shape index (κ1) is 7.98. The Balaban J connectivity index is 2.97. The highest BCUT2D eigenvalue weighted by Crippen LogP contribution is 2.24. The number of nitrogen functional groups attached to an aromatic ring is 1. The lowest BCUT2D eigenvalue weighted by Gasteiger charge is -2.04. The van der Waals surface area contributed by atoms with Crippen LogP contribution in [0.4, 0.5) is 10.1 Å². The molecule has 0 aliphatic carbocycles. The van der Waals surface area contributed by atoms with Gasteiger partial charge in [-0.2, -0.15) is 0 Å². The Morgan fingerprint density at radius 1 is 1.38 bits per heavy atom. The summed E-state index contributed by atoms with van der Waals surface area (Å²) in [6.45, 7) is 1.81. The van der Waals surface area contributed by atoms with Crippen LogP contribution < -0.4 is 5.73 Å². The fourth-order valence-corrected chi connectivity index (χ4v) is 1.32. The van der Waals surface area contributed by atoms with E-state index in [0.29, 0.717) is 16.6 Å². The van der Waals surface area contributed by atoms with Crippen molar-refractivity contribution in [2.24, 2.45) is 0 Å². The maximum atomic E-state index is 13.3. The van der Waals surface area contributed by atoms with E-state index in [0.717, 1.165) is 5.56 Å². The molecule has 2 aromatic rings. The van der Waals surface area contributed by atoms with Crippen molar-refractivity contribution in [2.45, 2.75) is 6.92 Å². The van der Waals surface area contributed by atoms with Gasteiger partial charge >= 0.3 is 0 Å². The molecule has 2 rings (SSSR count). The van der Waals surface area contributed by atoms with Gasteiger partial charge in [0, 0.05) is 11.9 Å². The van der Waals surface area contributed by atoms with E-state index in [2.05, 4.69) is 4.98 Å². The van der Waals surface area contributed by atoms with Gasteiger partial charge < -0.3 is 5.73 Å². The molecule has 1 aromatic carbocycles. The number of hydrogen-bond donors (Lipinski definition) is 1.